The molecule has 1 aliphatic rings. The van der Waals surface area contributed by atoms with Crippen LogP contribution in [-0.4, -0.2) is 50.9 Å². The Kier molecular flexibility index (Phi) is 6.19. The smallest absolute Gasteiger partial charge is 0.131 e. The van der Waals surface area contributed by atoms with E-state index in [-0.39, 0.29) is 18.3 Å². The molecule has 1 aromatic heterocycles. The van der Waals surface area contributed by atoms with Crippen LogP contribution in [0.1, 0.15) is 43.3 Å². The lowest BCUT2D eigenvalue weighted by molar-refractivity contribution is -0.0771. The second-order valence-corrected chi connectivity index (χ2v) is 7.90. The van der Waals surface area contributed by atoms with Crippen LogP contribution in [0.3, 0.4) is 0 Å². The summed E-state index contributed by atoms with van der Waals surface area (Å²) in [6, 6.07) is 8.19. The minimum atomic E-state index is -0.663. The minimum absolute atomic E-state index is 0.122. The van der Waals surface area contributed by atoms with E-state index >= 15 is 0 Å². The van der Waals surface area contributed by atoms with Crippen molar-refractivity contribution in [3.8, 4) is 0 Å². The third-order valence-corrected chi connectivity index (χ3v) is 5.38. The zero-order valence-corrected chi connectivity index (χ0v) is 16.0. The van der Waals surface area contributed by atoms with Crippen LogP contribution in [0, 0.1) is 11.2 Å². The van der Waals surface area contributed by atoms with Gasteiger partial charge in [0.05, 0.1) is 18.4 Å². The van der Waals surface area contributed by atoms with Crippen LogP contribution in [0.5, 0.6) is 0 Å². The van der Waals surface area contributed by atoms with Gasteiger partial charge < -0.3 is 10.2 Å². The van der Waals surface area contributed by atoms with E-state index in [2.05, 4.69) is 28.7 Å². The average molecular weight is 373 g/mol. The van der Waals surface area contributed by atoms with Crippen LogP contribution < -0.4 is 0 Å². The second kappa shape index (κ2) is 8.42. The normalized spacial score (nSPS) is 23.7. The Bertz CT molecular complexity index is 753. The number of aliphatic hydroxyl groups is 2. The van der Waals surface area contributed by atoms with Crippen molar-refractivity contribution in [2.75, 3.05) is 19.7 Å². The standard InChI is InChI=1S/C21H28FN3O2/c1-15(2)20-23-9-7-18(24-20)12-25-10-8-19(27)21(13-25,14-26)11-16-3-5-17(22)6-4-16/h3-7,9,15,19,26-27H,8,10-14H2,1-2H3/t19-,21-/m0/s1. The summed E-state index contributed by atoms with van der Waals surface area (Å²) in [5.74, 6) is 0.805. The fraction of sp³-hybridized carbons (Fsp3) is 0.524. The van der Waals surface area contributed by atoms with Gasteiger partial charge in [-0.05, 0) is 36.6 Å². The average Bonchev–Trinajstić information content (AvgIpc) is 2.66. The Morgan fingerprint density at radius 1 is 1.26 bits per heavy atom. The molecular weight excluding hydrogens is 345 g/mol. The van der Waals surface area contributed by atoms with Crippen LogP contribution >= 0.6 is 0 Å². The molecule has 0 amide bonds. The molecule has 6 heteroatoms. The predicted molar refractivity (Wildman–Crippen MR) is 102 cm³/mol. The number of hydrogen-bond acceptors (Lipinski definition) is 5. The van der Waals surface area contributed by atoms with E-state index in [4.69, 9.17) is 0 Å². The Hall–Kier alpha value is -1.89. The molecule has 2 N–H and O–H groups in total. The third kappa shape index (κ3) is 4.69. The maximum atomic E-state index is 13.2. The summed E-state index contributed by atoms with van der Waals surface area (Å²) in [6.07, 6.45) is 2.28. The largest absolute Gasteiger partial charge is 0.396 e. The highest BCUT2D eigenvalue weighted by atomic mass is 19.1. The first-order valence-electron chi connectivity index (χ1n) is 9.49. The SMILES string of the molecule is CC(C)c1nccc(CN2CC[C@H](O)[C@@](CO)(Cc3ccc(F)cc3)C2)n1. The van der Waals surface area contributed by atoms with Crippen molar-refractivity contribution < 1.29 is 14.6 Å². The van der Waals surface area contributed by atoms with Crippen molar-refractivity contribution in [3.63, 3.8) is 0 Å². The molecule has 1 aromatic carbocycles. The quantitative estimate of drug-likeness (QED) is 0.814. The molecule has 2 heterocycles. The number of rotatable bonds is 6. The highest BCUT2D eigenvalue weighted by Gasteiger charge is 2.42. The van der Waals surface area contributed by atoms with Gasteiger partial charge in [-0.25, -0.2) is 14.4 Å². The van der Waals surface area contributed by atoms with E-state index < -0.39 is 11.5 Å². The second-order valence-electron chi connectivity index (χ2n) is 7.90. The molecule has 2 aromatic rings. The Labute approximate surface area is 159 Å². The highest BCUT2D eigenvalue weighted by Crippen LogP contribution is 2.34. The predicted octanol–water partition coefficient (Wildman–Crippen LogP) is 2.53. The number of aromatic nitrogens is 2. The monoisotopic (exact) mass is 373 g/mol. The van der Waals surface area contributed by atoms with Gasteiger partial charge in [0, 0.05) is 37.2 Å². The topological polar surface area (TPSA) is 69.5 Å². The Balaban J connectivity index is 1.75. The lowest BCUT2D eigenvalue weighted by Gasteiger charge is -2.45. The number of benzene rings is 1. The summed E-state index contributed by atoms with van der Waals surface area (Å²) < 4.78 is 13.2. The zero-order chi connectivity index (χ0) is 19.4. The van der Waals surface area contributed by atoms with Crippen molar-refractivity contribution in [2.24, 2.45) is 5.41 Å². The summed E-state index contributed by atoms with van der Waals surface area (Å²) >= 11 is 0. The van der Waals surface area contributed by atoms with Gasteiger partial charge >= 0.3 is 0 Å². The first kappa shape index (κ1) is 19.9. The Morgan fingerprint density at radius 3 is 2.67 bits per heavy atom. The van der Waals surface area contributed by atoms with Gasteiger partial charge in [0.1, 0.15) is 11.6 Å². The molecule has 5 nitrogen and oxygen atoms in total. The molecule has 1 saturated heterocycles. The first-order valence-corrected chi connectivity index (χ1v) is 9.49. The van der Waals surface area contributed by atoms with E-state index in [9.17, 15) is 14.6 Å². The number of hydrogen-bond donors (Lipinski definition) is 2. The summed E-state index contributed by atoms with van der Waals surface area (Å²) in [7, 11) is 0. The van der Waals surface area contributed by atoms with E-state index in [0.29, 0.717) is 25.9 Å². The van der Waals surface area contributed by atoms with Gasteiger partial charge in [-0.15, -0.1) is 0 Å². The van der Waals surface area contributed by atoms with Crippen LogP contribution in [0.2, 0.25) is 0 Å². The lowest BCUT2D eigenvalue weighted by atomic mass is 9.73. The van der Waals surface area contributed by atoms with E-state index in [1.807, 2.05) is 6.07 Å². The molecule has 3 rings (SSSR count). The molecule has 0 spiro atoms. The fourth-order valence-electron chi connectivity index (χ4n) is 3.78. The molecule has 1 fully saturated rings. The summed E-state index contributed by atoms with van der Waals surface area (Å²) in [4.78, 5) is 11.2. The third-order valence-electron chi connectivity index (χ3n) is 5.38. The molecule has 0 aliphatic carbocycles. The molecule has 27 heavy (non-hydrogen) atoms. The van der Waals surface area contributed by atoms with E-state index in [0.717, 1.165) is 23.6 Å². The maximum absolute atomic E-state index is 13.2. The number of aliphatic hydroxyl groups excluding tert-OH is 2. The van der Waals surface area contributed by atoms with Gasteiger partial charge in [-0.3, -0.25) is 4.90 Å². The van der Waals surface area contributed by atoms with Crippen LogP contribution in [0.15, 0.2) is 36.5 Å². The highest BCUT2D eigenvalue weighted by molar-refractivity contribution is 5.19. The maximum Gasteiger partial charge on any atom is 0.131 e. The van der Waals surface area contributed by atoms with Crippen LogP contribution in [0.25, 0.3) is 0 Å². The van der Waals surface area contributed by atoms with Gasteiger partial charge in [0.2, 0.25) is 0 Å². The van der Waals surface area contributed by atoms with Crippen molar-refractivity contribution in [1.29, 1.82) is 0 Å². The van der Waals surface area contributed by atoms with Crippen molar-refractivity contribution >= 4 is 0 Å². The van der Waals surface area contributed by atoms with Crippen LogP contribution in [-0.2, 0) is 13.0 Å². The number of halogens is 1. The molecule has 146 valence electrons. The summed E-state index contributed by atoms with van der Waals surface area (Å²) in [6.45, 7) is 5.96. The van der Waals surface area contributed by atoms with Crippen molar-refractivity contribution in [2.45, 2.75) is 45.3 Å². The molecule has 0 saturated carbocycles. The first-order chi connectivity index (χ1) is 12.9. The van der Waals surface area contributed by atoms with Gasteiger partial charge in [-0.1, -0.05) is 26.0 Å². The van der Waals surface area contributed by atoms with Gasteiger partial charge in [0.15, 0.2) is 0 Å². The molecule has 0 unspecified atom stereocenters. The summed E-state index contributed by atoms with van der Waals surface area (Å²) in [5.41, 5.74) is 1.19. The van der Waals surface area contributed by atoms with Crippen molar-refractivity contribution in [1.82, 2.24) is 14.9 Å². The zero-order valence-electron chi connectivity index (χ0n) is 16.0. The number of nitrogens with zero attached hydrogens (tertiary/aromatic N) is 3. The molecule has 2 atom stereocenters. The fourth-order valence-corrected chi connectivity index (χ4v) is 3.78. The van der Waals surface area contributed by atoms with Crippen LogP contribution in [0.4, 0.5) is 4.39 Å². The summed E-state index contributed by atoms with van der Waals surface area (Å²) in [5, 5.41) is 20.8. The molecular formula is C21H28FN3O2. The van der Waals surface area contributed by atoms with Gasteiger partial charge in [-0.2, -0.15) is 0 Å². The lowest BCUT2D eigenvalue weighted by Crippen LogP contribution is -2.54. The van der Waals surface area contributed by atoms with E-state index in [1.54, 1.807) is 18.3 Å². The van der Waals surface area contributed by atoms with Gasteiger partial charge in [0.25, 0.3) is 0 Å². The molecule has 0 bridgehead atoms. The molecule has 0 radical (unpaired) electrons. The number of piperidine rings is 1. The number of likely N-dealkylation sites (tertiary alicyclic amines) is 1. The minimum Gasteiger partial charge on any atom is -0.396 e. The molecule has 1 aliphatic heterocycles. The Morgan fingerprint density at radius 2 is 2.00 bits per heavy atom. The van der Waals surface area contributed by atoms with E-state index in [1.165, 1.54) is 12.1 Å². The van der Waals surface area contributed by atoms with Crippen molar-refractivity contribution in [3.05, 3.63) is 59.4 Å².